The van der Waals surface area contributed by atoms with E-state index in [1.807, 2.05) is 0 Å². The molecule has 0 heterocycles. The second-order valence-electron chi connectivity index (χ2n) is 1.59. The SMILES string of the molecule is CC(CO)OCCO.[Y]. The Morgan fingerprint density at radius 2 is 2.00 bits per heavy atom. The third-order valence-electron chi connectivity index (χ3n) is 0.751. The summed E-state index contributed by atoms with van der Waals surface area (Å²) in [5, 5.41) is 16.6. The van der Waals surface area contributed by atoms with Gasteiger partial charge in [-0.3, -0.25) is 0 Å². The smallest absolute Gasteiger partial charge is 0.0778 e. The van der Waals surface area contributed by atoms with Gasteiger partial charge < -0.3 is 14.9 Å². The molecule has 9 heavy (non-hydrogen) atoms. The molecule has 53 valence electrons. The largest absolute Gasteiger partial charge is 0.394 e. The molecule has 0 saturated carbocycles. The van der Waals surface area contributed by atoms with E-state index in [1.165, 1.54) is 0 Å². The molecule has 0 aliphatic rings. The number of aliphatic hydroxyl groups is 2. The molecule has 0 spiro atoms. The molecule has 0 saturated heterocycles. The molecule has 0 rings (SSSR count). The number of hydrogen-bond donors (Lipinski definition) is 2. The molecular formula is C5H12O3Y. The summed E-state index contributed by atoms with van der Waals surface area (Å²) in [6, 6.07) is 0. The van der Waals surface area contributed by atoms with Gasteiger partial charge in [0.15, 0.2) is 0 Å². The van der Waals surface area contributed by atoms with Crippen LogP contribution in [-0.2, 0) is 37.4 Å². The van der Waals surface area contributed by atoms with Gasteiger partial charge >= 0.3 is 0 Å². The Kier molecular flexibility index (Phi) is 12.6. The van der Waals surface area contributed by atoms with Crippen molar-refractivity contribution >= 4 is 0 Å². The van der Waals surface area contributed by atoms with Gasteiger partial charge in [-0.1, -0.05) is 0 Å². The minimum absolute atomic E-state index is 0. The van der Waals surface area contributed by atoms with E-state index in [2.05, 4.69) is 0 Å². The molecule has 0 bridgehead atoms. The fourth-order valence-corrected chi connectivity index (χ4v) is 0.307. The van der Waals surface area contributed by atoms with Crippen molar-refractivity contribution in [2.45, 2.75) is 13.0 Å². The van der Waals surface area contributed by atoms with Crippen LogP contribution in [0.4, 0.5) is 0 Å². The number of hydrogen-bond acceptors (Lipinski definition) is 3. The van der Waals surface area contributed by atoms with Gasteiger partial charge in [0.2, 0.25) is 0 Å². The monoisotopic (exact) mass is 209 g/mol. The summed E-state index contributed by atoms with van der Waals surface area (Å²) in [7, 11) is 0. The first kappa shape index (κ1) is 12.6. The second-order valence-corrected chi connectivity index (χ2v) is 1.59. The van der Waals surface area contributed by atoms with Gasteiger partial charge in [-0.15, -0.1) is 0 Å². The van der Waals surface area contributed by atoms with Crippen molar-refractivity contribution in [1.29, 1.82) is 0 Å². The molecule has 1 radical (unpaired) electrons. The van der Waals surface area contributed by atoms with Crippen molar-refractivity contribution in [2.75, 3.05) is 19.8 Å². The zero-order valence-corrected chi connectivity index (χ0v) is 8.42. The first-order valence-electron chi connectivity index (χ1n) is 2.64. The molecule has 0 aliphatic heterocycles. The topological polar surface area (TPSA) is 49.7 Å². The van der Waals surface area contributed by atoms with Crippen LogP contribution in [0.3, 0.4) is 0 Å². The Bertz CT molecular complexity index is 51.5. The van der Waals surface area contributed by atoms with Crippen LogP contribution >= 0.6 is 0 Å². The van der Waals surface area contributed by atoms with Crippen LogP contribution < -0.4 is 0 Å². The first-order chi connectivity index (χ1) is 3.81. The summed E-state index contributed by atoms with van der Waals surface area (Å²) >= 11 is 0. The Labute approximate surface area is 80.3 Å². The van der Waals surface area contributed by atoms with Crippen molar-refractivity contribution in [3.63, 3.8) is 0 Å². The molecule has 0 amide bonds. The van der Waals surface area contributed by atoms with E-state index in [-0.39, 0.29) is 52.0 Å². The quantitative estimate of drug-likeness (QED) is 0.648. The summed E-state index contributed by atoms with van der Waals surface area (Å²) in [6.45, 7) is 2.09. The third kappa shape index (κ3) is 8.98. The molecular weight excluding hydrogens is 197 g/mol. The zero-order valence-electron chi connectivity index (χ0n) is 5.58. The maximum Gasteiger partial charge on any atom is 0.0778 e. The molecule has 0 aromatic carbocycles. The molecule has 4 heteroatoms. The summed E-state index contributed by atoms with van der Waals surface area (Å²) < 4.78 is 4.84. The summed E-state index contributed by atoms with van der Waals surface area (Å²) in [5.41, 5.74) is 0. The Balaban J connectivity index is 0. The van der Waals surface area contributed by atoms with Crippen LogP contribution in [0.2, 0.25) is 0 Å². The summed E-state index contributed by atoms with van der Waals surface area (Å²) in [4.78, 5) is 0. The van der Waals surface area contributed by atoms with Crippen molar-refractivity contribution in [2.24, 2.45) is 0 Å². The molecule has 0 aromatic rings. The Morgan fingerprint density at radius 1 is 1.44 bits per heavy atom. The Morgan fingerprint density at radius 3 is 2.33 bits per heavy atom. The number of aliphatic hydroxyl groups excluding tert-OH is 2. The van der Waals surface area contributed by atoms with Gasteiger partial charge in [-0.05, 0) is 6.92 Å². The van der Waals surface area contributed by atoms with Gasteiger partial charge in [-0.2, -0.15) is 0 Å². The van der Waals surface area contributed by atoms with Crippen LogP contribution in [0.15, 0.2) is 0 Å². The maximum absolute atomic E-state index is 8.35. The minimum Gasteiger partial charge on any atom is -0.394 e. The predicted molar refractivity (Wildman–Crippen MR) is 29.6 cm³/mol. The average molecular weight is 209 g/mol. The molecule has 2 N–H and O–H groups in total. The predicted octanol–water partition coefficient (Wildman–Crippen LogP) is -0.626. The van der Waals surface area contributed by atoms with E-state index in [0.717, 1.165) is 0 Å². The summed E-state index contributed by atoms with van der Waals surface area (Å²) in [5.74, 6) is 0. The summed E-state index contributed by atoms with van der Waals surface area (Å²) in [6.07, 6.45) is -0.151. The van der Waals surface area contributed by atoms with Gasteiger partial charge in [0.05, 0.1) is 25.9 Å². The number of ether oxygens (including phenoxy) is 1. The van der Waals surface area contributed by atoms with E-state index in [1.54, 1.807) is 6.92 Å². The van der Waals surface area contributed by atoms with E-state index < -0.39 is 0 Å². The normalized spacial score (nSPS) is 12.3. The van der Waals surface area contributed by atoms with Gasteiger partial charge in [-0.25, -0.2) is 0 Å². The maximum atomic E-state index is 8.35. The standard InChI is InChI=1S/C5H12O3.Y/c1-5(4-7)8-3-2-6;/h5-7H,2-4H2,1H3;. The number of rotatable bonds is 4. The van der Waals surface area contributed by atoms with Crippen molar-refractivity contribution in [3.8, 4) is 0 Å². The van der Waals surface area contributed by atoms with E-state index in [9.17, 15) is 0 Å². The van der Waals surface area contributed by atoms with Crippen molar-refractivity contribution < 1.29 is 47.7 Å². The third-order valence-corrected chi connectivity index (χ3v) is 0.751. The van der Waals surface area contributed by atoms with Crippen molar-refractivity contribution in [3.05, 3.63) is 0 Å². The van der Waals surface area contributed by atoms with Gasteiger partial charge in [0.1, 0.15) is 0 Å². The van der Waals surface area contributed by atoms with Gasteiger partial charge in [0.25, 0.3) is 0 Å². The van der Waals surface area contributed by atoms with Crippen LogP contribution in [-0.4, -0.2) is 36.1 Å². The van der Waals surface area contributed by atoms with Crippen LogP contribution in [0.5, 0.6) is 0 Å². The minimum atomic E-state index is -0.151. The van der Waals surface area contributed by atoms with E-state index in [4.69, 9.17) is 14.9 Å². The fraction of sp³-hybridized carbons (Fsp3) is 1.00. The molecule has 3 nitrogen and oxygen atoms in total. The molecule has 0 aromatic heterocycles. The molecule has 0 aliphatic carbocycles. The van der Waals surface area contributed by atoms with Crippen LogP contribution in [0, 0.1) is 0 Å². The van der Waals surface area contributed by atoms with E-state index in [0.29, 0.717) is 6.61 Å². The van der Waals surface area contributed by atoms with Crippen LogP contribution in [0.1, 0.15) is 6.92 Å². The second kappa shape index (κ2) is 8.98. The first-order valence-corrected chi connectivity index (χ1v) is 2.64. The van der Waals surface area contributed by atoms with Crippen LogP contribution in [0.25, 0.3) is 0 Å². The molecule has 1 unspecified atom stereocenters. The fourth-order valence-electron chi connectivity index (χ4n) is 0.307. The average Bonchev–Trinajstić information content (AvgIpc) is 1.83. The van der Waals surface area contributed by atoms with E-state index >= 15 is 0 Å². The Hall–Kier alpha value is 0.984. The molecule has 1 atom stereocenters. The zero-order chi connectivity index (χ0) is 6.41. The molecule has 0 fully saturated rings. The van der Waals surface area contributed by atoms with Gasteiger partial charge in [0, 0.05) is 32.7 Å². The van der Waals surface area contributed by atoms with Crippen molar-refractivity contribution in [1.82, 2.24) is 0 Å².